The summed E-state index contributed by atoms with van der Waals surface area (Å²) in [5, 5.41) is 3.31. The molecule has 32 heavy (non-hydrogen) atoms. The maximum absolute atomic E-state index is 13.8. The van der Waals surface area contributed by atoms with Crippen LogP contribution in [-0.4, -0.2) is 30.0 Å². The van der Waals surface area contributed by atoms with Crippen LogP contribution in [0.1, 0.15) is 11.3 Å². The van der Waals surface area contributed by atoms with Gasteiger partial charge in [0.05, 0.1) is 24.2 Å². The van der Waals surface area contributed by atoms with Gasteiger partial charge in [-0.2, -0.15) is 0 Å². The molecule has 9 heteroatoms. The first-order chi connectivity index (χ1) is 15.5. The van der Waals surface area contributed by atoms with Crippen LogP contribution >= 0.6 is 23.4 Å². The largest absolute Gasteiger partial charge is 0.467 e. The van der Waals surface area contributed by atoms with Gasteiger partial charge >= 0.3 is 0 Å². The molecule has 2 aliphatic rings. The van der Waals surface area contributed by atoms with Crippen LogP contribution in [0.5, 0.6) is 0 Å². The van der Waals surface area contributed by atoms with E-state index in [0.29, 0.717) is 27.7 Å². The standard InChI is InChI=1S/C23H18ClN3O4S/c24-15-7-9-16(10-8-15)27-21(29)14-32-23(27)18-5-1-2-6-19(18)26(22(23)30)13-20(28)25-12-17-4-3-11-31-17/h1-11H,12-14H2,(H,25,28)/t23-/m0/s1. The van der Waals surface area contributed by atoms with Crippen molar-refractivity contribution < 1.29 is 18.8 Å². The van der Waals surface area contributed by atoms with Crippen molar-refractivity contribution in [1.82, 2.24) is 5.32 Å². The number of nitrogens with one attached hydrogen (secondary N) is 1. The number of anilines is 2. The molecule has 162 valence electrons. The number of hydrogen-bond acceptors (Lipinski definition) is 5. The summed E-state index contributed by atoms with van der Waals surface area (Å²) in [6.45, 7) is 0.0618. The Labute approximate surface area is 193 Å². The molecule has 0 radical (unpaired) electrons. The second kappa shape index (κ2) is 8.03. The third kappa shape index (κ3) is 3.27. The minimum atomic E-state index is -1.26. The molecule has 0 aliphatic carbocycles. The molecule has 3 amide bonds. The normalized spacial score (nSPS) is 19.7. The van der Waals surface area contributed by atoms with Crippen LogP contribution in [0.4, 0.5) is 11.4 Å². The molecule has 1 fully saturated rings. The zero-order chi connectivity index (χ0) is 22.3. The van der Waals surface area contributed by atoms with Gasteiger partial charge in [0.25, 0.3) is 5.91 Å². The van der Waals surface area contributed by atoms with Gasteiger partial charge in [0.15, 0.2) is 0 Å². The van der Waals surface area contributed by atoms with Crippen LogP contribution in [0.15, 0.2) is 71.3 Å². The summed E-state index contributed by atoms with van der Waals surface area (Å²) in [6.07, 6.45) is 1.53. The minimum Gasteiger partial charge on any atom is -0.467 e. The monoisotopic (exact) mass is 467 g/mol. The average molecular weight is 468 g/mol. The van der Waals surface area contributed by atoms with E-state index in [1.807, 2.05) is 18.2 Å². The predicted molar refractivity (Wildman–Crippen MR) is 122 cm³/mol. The number of amides is 3. The summed E-state index contributed by atoms with van der Waals surface area (Å²) < 4.78 is 5.24. The van der Waals surface area contributed by atoms with Gasteiger partial charge < -0.3 is 9.73 Å². The van der Waals surface area contributed by atoms with Crippen LogP contribution in [0.3, 0.4) is 0 Å². The number of benzene rings is 2. The second-order valence-electron chi connectivity index (χ2n) is 7.40. The van der Waals surface area contributed by atoms with Crippen molar-refractivity contribution >= 4 is 52.5 Å². The number of fused-ring (bicyclic) bond motifs is 2. The molecule has 0 saturated carbocycles. The van der Waals surface area contributed by atoms with Crippen molar-refractivity contribution in [3.8, 4) is 0 Å². The number of carbonyl (C=O) groups is 3. The van der Waals surface area contributed by atoms with Gasteiger partial charge in [0, 0.05) is 16.3 Å². The number of nitrogens with zero attached hydrogens (tertiary/aromatic N) is 2. The molecule has 3 aromatic rings. The van der Waals surface area contributed by atoms with Gasteiger partial charge in [-0.15, -0.1) is 11.8 Å². The quantitative estimate of drug-likeness (QED) is 0.620. The van der Waals surface area contributed by atoms with Gasteiger partial charge in [-0.3, -0.25) is 24.2 Å². The molecular formula is C23H18ClN3O4S. The fraction of sp³-hybridized carbons (Fsp3) is 0.174. The number of carbonyl (C=O) groups excluding carboxylic acids is 3. The van der Waals surface area contributed by atoms with Gasteiger partial charge in [-0.1, -0.05) is 29.8 Å². The highest BCUT2D eigenvalue weighted by atomic mass is 35.5. The maximum atomic E-state index is 13.8. The van der Waals surface area contributed by atoms with Crippen molar-refractivity contribution in [3.63, 3.8) is 0 Å². The molecule has 7 nitrogen and oxygen atoms in total. The summed E-state index contributed by atoms with van der Waals surface area (Å²) in [4.78, 5) is 41.2. The number of rotatable bonds is 5. The summed E-state index contributed by atoms with van der Waals surface area (Å²) in [5.41, 5.74) is 1.89. The highest BCUT2D eigenvalue weighted by Crippen LogP contribution is 2.55. The second-order valence-corrected chi connectivity index (χ2v) is 9.01. The number of hydrogen-bond donors (Lipinski definition) is 1. The van der Waals surface area contributed by atoms with E-state index in [1.165, 1.54) is 27.8 Å². The smallest absolute Gasteiger partial charge is 0.269 e. The Bertz CT molecular complexity index is 1200. The molecule has 2 aromatic carbocycles. The van der Waals surface area contributed by atoms with Crippen LogP contribution in [0, 0.1) is 0 Å². The van der Waals surface area contributed by atoms with Crippen LogP contribution < -0.4 is 15.1 Å². The Kier molecular flexibility index (Phi) is 5.19. The Hall–Kier alpha value is -3.23. The Morgan fingerprint density at radius 1 is 1.09 bits per heavy atom. The molecule has 3 heterocycles. The lowest BCUT2D eigenvalue weighted by atomic mass is 10.0. The highest BCUT2D eigenvalue weighted by Gasteiger charge is 2.61. The fourth-order valence-corrected chi connectivity index (χ4v) is 5.59. The SMILES string of the molecule is O=C(CN1C(=O)[C@@]2(SCC(=O)N2c2ccc(Cl)cc2)c2ccccc21)NCc1ccco1. The zero-order valence-corrected chi connectivity index (χ0v) is 18.4. The minimum absolute atomic E-state index is 0.154. The van der Waals surface area contributed by atoms with E-state index in [-0.39, 0.29) is 36.6 Å². The van der Waals surface area contributed by atoms with E-state index in [2.05, 4.69) is 5.32 Å². The number of para-hydroxylation sites is 1. The summed E-state index contributed by atoms with van der Waals surface area (Å²) >= 11 is 7.29. The third-order valence-electron chi connectivity index (χ3n) is 5.49. The van der Waals surface area contributed by atoms with Gasteiger partial charge in [0.1, 0.15) is 12.3 Å². The fourth-order valence-electron chi connectivity index (χ4n) is 4.10. The van der Waals surface area contributed by atoms with E-state index < -0.39 is 4.87 Å². The topological polar surface area (TPSA) is 82.9 Å². The van der Waals surface area contributed by atoms with Gasteiger partial charge in [0.2, 0.25) is 16.7 Å². The Morgan fingerprint density at radius 2 is 1.88 bits per heavy atom. The Morgan fingerprint density at radius 3 is 2.62 bits per heavy atom. The Balaban J connectivity index is 1.48. The summed E-state index contributed by atoms with van der Waals surface area (Å²) in [6, 6.07) is 17.6. The van der Waals surface area contributed by atoms with Crippen molar-refractivity contribution in [2.24, 2.45) is 0 Å². The van der Waals surface area contributed by atoms with E-state index >= 15 is 0 Å². The van der Waals surface area contributed by atoms with E-state index in [1.54, 1.807) is 42.5 Å². The van der Waals surface area contributed by atoms with E-state index in [4.69, 9.17) is 16.0 Å². The molecule has 1 N–H and O–H groups in total. The average Bonchev–Trinajstić information content (AvgIpc) is 3.49. The third-order valence-corrected chi connectivity index (χ3v) is 7.13. The summed E-state index contributed by atoms with van der Waals surface area (Å²) in [7, 11) is 0. The predicted octanol–water partition coefficient (Wildman–Crippen LogP) is 3.53. The summed E-state index contributed by atoms with van der Waals surface area (Å²) in [5.74, 6) is -0.0497. The molecule has 0 bridgehead atoms. The lowest BCUT2D eigenvalue weighted by molar-refractivity contribution is -0.125. The number of halogens is 1. The molecular weight excluding hydrogens is 450 g/mol. The number of thioether (sulfide) groups is 1. The van der Waals surface area contributed by atoms with Gasteiger partial charge in [-0.05, 0) is 42.5 Å². The van der Waals surface area contributed by atoms with Crippen LogP contribution in [-0.2, 0) is 25.8 Å². The molecule has 1 atom stereocenters. The van der Waals surface area contributed by atoms with Crippen LogP contribution in [0.25, 0.3) is 0 Å². The van der Waals surface area contributed by atoms with Crippen molar-refractivity contribution in [1.29, 1.82) is 0 Å². The van der Waals surface area contributed by atoms with Gasteiger partial charge in [-0.25, -0.2) is 0 Å². The molecule has 1 aromatic heterocycles. The first-order valence-electron chi connectivity index (χ1n) is 9.94. The zero-order valence-electron chi connectivity index (χ0n) is 16.8. The van der Waals surface area contributed by atoms with Crippen molar-refractivity contribution in [3.05, 3.63) is 83.3 Å². The first-order valence-corrected chi connectivity index (χ1v) is 11.3. The number of furan rings is 1. The maximum Gasteiger partial charge on any atom is 0.269 e. The van der Waals surface area contributed by atoms with Crippen molar-refractivity contribution in [2.45, 2.75) is 11.4 Å². The molecule has 2 aliphatic heterocycles. The van der Waals surface area contributed by atoms with E-state index in [0.717, 1.165) is 0 Å². The molecule has 1 spiro atoms. The van der Waals surface area contributed by atoms with E-state index in [9.17, 15) is 14.4 Å². The lowest BCUT2D eigenvalue weighted by Gasteiger charge is -2.33. The lowest BCUT2D eigenvalue weighted by Crippen LogP contribution is -2.51. The molecule has 1 saturated heterocycles. The highest BCUT2D eigenvalue weighted by molar-refractivity contribution is 8.02. The first kappa shape index (κ1) is 20.7. The van der Waals surface area contributed by atoms with Crippen LogP contribution in [0.2, 0.25) is 5.02 Å². The molecule has 5 rings (SSSR count). The molecule has 0 unspecified atom stereocenters. The van der Waals surface area contributed by atoms with Crippen molar-refractivity contribution in [2.75, 3.05) is 22.1 Å².